The van der Waals surface area contributed by atoms with Gasteiger partial charge in [-0.15, -0.1) is 0 Å². The van der Waals surface area contributed by atoms with Crippen LogP contribution >= 0.6 is 0 Å². The number of nitrogens with zero attached hydrogens (tertiary/aromatic N) is 1. The van der Waals surface area contributed by atoms with Gasteiger partial charge in [0, 0.05) is 6.54 Å². The van der Waals surface area contributed by atoms with Crippen LogP contribution in [0, 0.1) is 0 Å². The van der Waals surface area contributed by atoms with Gasteiger partial charge >= 0.3 is 12.1 Å². The molecule has 0 bridgehead atoms. The van der Waals surface area contributed by atoms with Crippen LogP contribution in [0.15, 0.2) is 0 Å². The summed E-state index contributed by atoms with van der Waals surface area (Å²) in [5.74, 6) is -0.432. The Bertz CT molecular complexity index is 343. The highest BCUT2D eigenvalue weighted by molar-refractivity contribution is 6.07. The molecule has 2 saturated heterocycles. The molecule has 2 rings (SSSR count). The van der Waals surface area contributed by atoms with Gasteiger partial charge in [-0.05, 0) is 12.8 Å². The molecular formula is C8H11N3O4. The summed E-state index contributed by atoms with van der Waals surface area (Å²) in [4.78, 5) is 34.4. The fraction of sp³-hybridized carbons (Fsp3) is 0.625. The van der Waals surface area contributed by atoms with E-state index in [4.69, 9.17) is 5.11 Å². The molecule has 3 N–H and O–H groups in total. The second-order valence-corrected chi connectivity index (χ2v) is 3.80. The van der Waals surface area contributed by atoms with Crippen molar-refractivity contribution in [3.63, 3.8) is 0 Å². The van der Waals surface area contributed by atoms with Crippen molar-refractivity contribution in [2.24, 2.45) is 0 Å². The van der Waals surface area contributed by atoms with Gasteiger partial charge in [0.05, 0.1) is 6.54 Å². The largest absolute Gasteiger partial charge is 0.465 e. The molecule has 15 heavy (non-hydrogen) atoms. The maximum atomic E-state index is 11.5. The quantitative estimate of drug-likeness (QED) is 0.465. The number of carbonyl (C=O) groups is 3. The molecule has 2 heterocycles. The lowest BCUT2D eigenvalue weighted by molar-refractivity contribution is -0.125. The summed E-state index contributed by atoms with van der Waals surface area (Å²) in [6.45, 7) is 0.431. The summed E-state index contributed by atoms with van der Waals surface area (Å²) in [5, 5.41) is 13.4. The SMILES string of the molecule is O=C1NC(=O)[C@]2(CCCN(C(=O)O)C2)N1. The van der Waals surface area contributed by atoms with Gasteiger partial charge in [-0.2, -0.15) is 0 Å². The molecule has 0 aromatic rings. The highest BCUT2D eigenvalue weighted by atomic mass is 16.4. The van der Waals surface area contributed by atoms with Gasteiger partial charge in [0.25, 0.3) is 5.91 Å². The lowest BCUT2D eigenvalue weighted by atomic mass is 9.89. The number of hydrogen-bond donors (Lipinski definition) is 3. The Morgan fingerprint density at radius 3 is 2.73 bits per heavy atom. The number of carbonyl (C=O) groups excluding carboxylic acids is 2. The molecule has 4 amide bonds. The molecule has 7 heteroatoms. The zero-order valence-electron chi connectivity index (χ0n) is 7.95. The van der Waals surface area contributed by atoms with E-state index in [0.717, 1.165) is 4.90 Å². The van der Waals surface area contributed by atoms with Gasteiger partial charge < -0.3 is 15.3 Å². The van der Waals surface area contributed by atoms with Crippen LogP contribution in [0.3, 0.4) is 0 Å². The number of urea groups is 1. The number of likely N-dealkylation sites (tertiary alicyclic amines) is 1. The van der Waals surface area contributed by atoms with E-state index < -0.39 is 23.6 Å². The van der Waals surface area contributed by atoms with E-state index in [1.807, 2.05) is 0 Å². The number of piperidine rings is 1. The highest BCUT2D eigenvalue weighted by Gasteiger charge is 2.49. The van der Waals surface area contributed by atoms with Gasteiger partial charge in [-0.1, -0.05) is 0 Å². The number of rotatable bonds is 0. The summed E-state index contributed by atoms with van der Waals surface area (Å²) in [6.07, 6.45) is -0.0167. The molecule has 82 valence electrons. The molecule has 2 fully saturated rings. The van der Waals surface area contributed by atoms with E-state index in [1.165, 1.54) is 0 Å². The smallest absolute Gasteiger partial charge is 0.407 e. The van der Waals surface area contributed by atoms with Crippen molar-refractivity contribution in [2.75, 3.05) is 13.1 Å². The molecule has 0 radical (unpaired) electrons. The summed E-state index contributed by atoms with van der Waals surface area (Å²) >= 11 is 0. The second-order valence-electron chi connectivity index (χ2n) is 3.80. The Labute approximate surface area is 85.4 Å². The van der Waals surface area contributed by atoms with Gasteiger partial charge in [0.2, 0.25) is 0 Å². The van der Waals surface area contributed by atoms with Crippen LogP contribution in [0.2, 0.25) is 0 Å². The van der Waals surface area contributed by atoms with Crippen molar-refractivity contribution >= 4 is 18.0 Å². The lowest BCUT2D eigenvalue weighted by Gasteiger charge is -2.36. The van der Waals surface area contributed by atoms with Crippen LogP contribution in [-0.4, -0.2) is 46.7 Å². The fourth-order valence-corrected chi connectivity index (χ4v) is 2.03. The van der Waals surface area contributed by atoms with E-state index in [9.17, 15) is 14.4 Å². The molecule has 0 aromatic heterocycles. The average Bonchev–Trinajstić information content (AvgIpc) is 2.41. The first-order chi connectivity index (χ1) is 7.03. The van der Waals surface area contributed by atoms with Crippen molar-refractivity contribution in [1.29, 1.82) is 0 Å². The minimum Gasteiger partial charge on any atom is -0.465 e. The predicted octanol–water partition coefficient (Wildman–Crippen LogP) is -0.662. The topological polar surface area (TPSA) is 98.7 Å². The Balaban J connectivity index is 2.18. The zero-order valence-corrected chi connectivity index (χ0v) is 7.95. The second kappa shape index (κ2) is 3.11. The first-order valence-electron chi connectivity index (χ1n) is 4.65. The predicted molar refractivity (Wildman–Crippen MR) is 48.2 cm³/mol. The van der Waals surface area contributed by atoms with Crippen LogP contribution in [0.25, 0.3) is 0 Å². The van der Waals surface area contributed by atoms with Crippen molar-refractivity contribution in [2.45, 2.75) is 18.4 Å². The summed E-state index contributed by atoms with van der Waals surface area (Å²) in [5.41, 5.74) is -1.05. The van der Waals surface area contributed by atoms with E-state index in [2.05, 4.69) is 10.6 Å². The maximum Gasteiger partial charge on any atom is 0.407 e. The molecule has 0 aliphatic carbocycles. The van der Waals surface area contributed by atoms with Crippen LogP contribution in [0.1, 0.15) is 12.8 Å². The molecule has 0 aromatic carbocycles. The standard InChI is InChI=1S/C8H11N3O4/c12-5-8(10-6(13)9-5)2-1-3-11(4-8)7(14)15/h1-4H2,(H,14,15)(H2,9,10,12,13)/t8-/m1/s1. The summed E-state index contributed by atoms with van der Waals surface area (Å²) in [6, 6.07) is -0.549. The lowest BCUT2D eigenvalue weighted by Crippen LogP contribution is -2.59. The number of nitrogens with one attached hydrogen (secondary N) is 2. The Kier molecular flexibility index (Phi) is 2.02. The van der Waals surface area contributed by atoms with E-state index in [1.54, 1.807) is 0 Å². The Morgan fingerprint density at radius 1 is 1.47 bits per heavy atom. The highest BCUT2D eigenvalue weighted by Crippen LogP contribution is 2.24. The maximum absolute atomic E-state index is 11.5. The van der Waals surface area contributed by atoms with Crippen LogP contribution in [-0.2, 0) is 4.79 Å². The molecular weight excluding hydrogens is 202 g/mol. The van der Waals surface area contributed by atoms with Gasteiger partial charge in [0.1, 0.15) is 5.54 Å². The molecule has 2 aliphatic rings. The third kappa shape index (κ3) is 1.49. The third-order valence-electron chi connectivity index (χ3n) is 2.78. The van der Waals surface area contributed by atoms with E-state index >= 15 is 0 Å². The van der Waals surface area contributed by atoms with Crippen LogP contribution in [0.4, 0.5) is 9.59 Å². The minimum atomic E-state index is -1.07. The van der Waals surface area contributed by atoms with Crippen molar-refractivity contribution in [3.8, 4) is 0 Å². The molecule has 1 spiro atoms. The Morgan fingerprint density at radius 2 is 2.20 bits per heavy atom. The molecule has 2 aliphatic heterocycles. The number of hydrogen-bond acceptors (Lipinski definition) is 3. The van der Waals surface area contributed by atoms with Crippen LogP contribution < -0.4 is 10.6 Å². The van der Waals surface area contributed by atoms with Crippen LogP contribution in [0.5, 0.6) is 0 Å². The van der Waals surface area contributed by atoms with E-state index in [-0.39, 0.29) is 6.54 Å². The Hall–Kier alpha value is -1.79. The van der Waals surface area contributed by atoms with Gasteiger partial charge in [-0.3, -0.25) is 10.1 Å². The molecule has 0 saturated carbocycles. The first-order valence-corrected chi connectivity index (χ1v) is 4.65. The number of carboxylic acid groups (broad SMARTS) is 1. The summed E-state index contributed by atoms with van der Waals surface area (Å²) < 4.78 is 0. The zero-order chi connectivity index (χ0) is 11.1. The number of imide groups is 1. The normalized spacial score (nSPS) is 30.3. The number of amides is 4. The van der Waals surface area contributed by atoms with Crippen molar-refractivity contribution in [3.05, 3.63) is 0 Å². The third-order valence-corrected chi connectivity index (χ3v) is 2.78. The summed E-state index contributed by atoms with van der Waals surface area (Å²) in [7, 11) is 0. The fourth-order valence-electron chi connectivity index (χ4n) is 2.03. The van der Waals surface area contributed by atoms with Crippen molar-refractivity contribution < 1.29 is 19.5 Å². The first kappa shape index (κ1) is 9.75. The monoisotopic (exact) mass is 213 g/mol. The van der Waals surface area contributed by atoms with Gasteiger partial charge in [0.15, 0.2) is 0 Å². The van der Waals surface area contributed by atoms with Gasteiger partial charge in [-0.25, -0.2) is 9.59 Å². The average molecular weight is 213 g/mol. The molecule has 7 nitrogen and oxygen atoms in total. The molecule has 1 atom stereocenters. The molecule has 0 unspecified atom stereocenters. The van der Waals surface area contributed by atoms with Crippen molar-refractivity contribution in [1.82, 2.24) is 15.5 Å². The van der Waals surface area contributed by atoms with E-state index in [0.29, 0.717) is 19.4 Å². The minimum absolute atomic E-state index is 0.0277.